The number of nitrogens with zero attached hydrogens (tertiary/aromatic N) is 2. The summed E-state index contributed by atoms with van der Waals surface area (Å²) in [5.74, 6) is 0.859. The van der Waals surface area contributed by atoms with Gasteiger partial charge in [0.15, 0.2) is 0 Å². The molecule has 120 valence electrons. The van der Waals surface area contributed by atoms with Crippen molar-refractivity contribution in [2.75, 3.05) is 46.4 Å². The van der Waals surface area contributed by atoms with E-state index in [0.29, 0.717) is 11.6 Å². The van der Waals surface area contributed by atoms with E-state index in [0.717, 1.165) is 55.9 Å². The van der Waals surface area contributed by atoms with E-state index in [-0.39, 0.29) is 5.91 Å². The molecule has 0 bridgehead atoms. The first-order valence-corrected chi connectivity index (χ1v) is 8.56. The summed E-state index contributed by atoms with van der Waals surface area (Å²) in [6.07, 6.45) is 1.07. The Balaban J connectivity index is 1.64. The van der Waals surface area contributed by atoms with Gasteiger partial charge in [0.05, 0.1) is 11.6 Å². The van der Waals surface area contributed by atoms with Crippen molar-refractivity contribution in [3.8, 4) is 5.75 Å². The molecule has 0 spiro atoms. The molecule has 1 aromatic carbocycles. The van der Waals surface area contributed by atoms with Gasteiger partial charge in [0, 0.05) is 50.9 Å². The van der Waals surface area contributed by atoms with Gasteiger partial charge in [-0.2, -0.15) is 0 Å². The van der Waals surface area contributed by atoms with E-state index >= 15 is 0 Å². The molecule has 5 nitrogen and oxygen atoms in total. The van der Waals surface area contributed by atoms with Gasteiger partial charge in [-0.1, -0.05) is 0 Å². The van der Waals surface area contributed by atoms with Crippen molar-refractivity contribution in [3.05, 3.63) is 28.2 Å². The number of ether oxygens (including phenoxy) is 1. The highest BCUT2D eigenvalue weighted by atomic mass is 79.9. The van der Waals surface area contributed by atoms with Crippen molar-refractivity contribution in [1.29, 1.82) is 0 Å². The maximum absolute atomic E-state index is 12.7. The largest absolute Gasteiger partial charge is 0.496 e. The quantitative estimate of drug-likeness (QED) is 0.880. The van der Waals surface area contributed by atoms with E-state index in [9.17, 15) is 4.79 Å². The Hall–Kier alpha value is -1.11. The molecular weight excluding hydrogens is 346 g/mol. The van der Waals surface area contributed by atoms with Gasteiger partial charge in [-0.15, -0.1) is 0 Å². The number of methoxy groups -OCH3 is 1. The number of amides is 1. The van der Waals surface area contributed by atoms with Crippen LogP contribution in [0.25, 0.3) is 0 Å². The maximum Gasteiger partial charge on any atom is 0.253 e. The lowest BCUT2D eigenvalue weighted by molar-refractivity contribution is 0.0773. The van der Waals surface area contributed by atoms with E-state index in [1.54, 1.807) is 7.11 Å². The molecule has 1 unspecified atom stereocenters. The number of benzene rings is 1. The lowest BCUT2D eigenvalue weighted by Crippen LogP contribution is -2.49. The lowest BCUT2D eigenvalue weighted by atomic mass is 10.2. The number of hydrogen-bond acceptors (Lipinski definition) is 4. The zero-order chi connectivity index (χ0) is 15.5. The van der Waals surface area contributed by atoms with E-state index in [1.807, 2.05) is 23.1 Å². The average molecular weight is 368 g/mol. The van der Waals surface area contributed by atoms with Gasteiger partial charge in [0.25, 0.3) is 5.91 Å². The molecule has 2 heterocycles. The number of piperazine rings is 1. The van der Waals surface area contributed by atoms with E-state index in [4.69, 9.17) is 4.74 Å². The van der Waals surface area contributed by atoms with Crippen LogP contribution in [0, 0.1) is 0 Å². The Kier molecular flexibility index (Phi) is 5.00. The van der Waals surface area contributed by atoms with E-state index in [2.05, 4.69) is 26.1 Å². The molecule has 0 aliphatic carbocycles. The number of carbonyl (C=O) groups excluding carboxylic acids is 1. The second-order valence-corrected chi connectivity index (χ2v) is 6.68. The highest BCUT2D eigenvalue weighted by Crippen LogP contribution is 2.27. The zero-order valence-electron chi connectivity index (χ0n) is 12.8. The Morgan fingerprint density at radius 3 is 2.77 bits per heavy atom. The second kappa shape index (κ2) is 6.98. The predicted molar refractivity (Wildman–Crippen MR) is 89.4 cm³/mol. The van der Waals surface area contributed by atoms with Crippen molar-refractivity contribution in [2.24, 2.45) is 0 Å². The predicted octanol–water partition coefficient (Wildman–Crippen LogP) is 1.58. The van der Waals surface area contributed by atoms with Crippen LogP contribution in [-0.2, 0) is 0 Å². The SMILES string of the molecule is COc1ccc(C(=O)N2CCC(N3CCNCC3)C2)cc1Br. The van der Waals surface area contributed by atoms with Crippen LogP contribution in [0.3, 0.4) is 0 Å². The molecule has 2 aliphatic rings. The molecule has 6 heteroatoms. The molecule has 2 aliphatic heterocycles. The summed E-state index contributed by atoms with van der Waals surface area (Å²) in [4.78, 5) is 17.1. The van der Waals surface area contributed by atoms with Gasteiger partial charge in [0.1, 0.15) is 5.75 Å². The van der Waals surface area contributed by atoms with Crippen LogP contribution in [0.5, 0.6) is 5.75 Å². The summed E-state index contributed by atoms with van der Waals surface area (Å²) in [7, 11) is 1.63. The zero-order valence-corrected chi connectivity index (χ0v) is 14.4. The van der Waals surface area contributed by atoms with Crippen LogP contribution >= 0.6 is 15.9 Å². The minimum Gasteiger partial charge on any atom is -0.496 e. The van der Waals surface area contributed by atoms with Crippen LogP contribution in [-0.4, -0.2) is 68.1 Å². The first-order chi connectivity index (χ1) is 10.7. The van der Waals surface area contributed by atoms with Crippen LogP contribution in [0.1, 0.15) is 16.8 Å². The number of carbonyl (C=O) groups is 1. The standard InChI is InChI=1S/C16H22BrN3O2/c1-22-15-3-2-12(10-14(15)17)16(21)20-7-4-13(11-20)19-8-5-18-6-9-19/h2-3,10,13,18H,4-9,11H2,1H3. The molecule has 0 radical (unpaired) electrons. The summed E-state index contributed by atoms with van der Waals surface area (Å²) in [6, 6.07) is 6.03. The first kappa shape index (κ1) is 15.8. The minimum absolute atomic E-state index is 0.112. The van der Waals surface area contributed by atoms with Crippen LogP contribution in [0.15, 0.2) is 22.7 Å². The fourth-order valence-corrected chi connectivity index (χ4v) is 3.79. The van der Waals surface area contributed by atoms with Gasteiger partial charge in [-0.3, -0.25) is 9.69 Å². The molecule has 2 saturated heterocycles. The Bertz CT molecular complexity index is 546. The summed E-state index contributed by atoms with van der Waals surface area (Å²) in [6.45, 7) is 5.95. The monoisotopic (exact) mass is 367 g/mol. The van der Waals surface area contributed by atoms with Crippen molar-refractivity contribution in [1.82, 2.24) is 15.1 Å². The first-order valence-electron chi connectivity index (χ1n) is 7.76. The Morgan fingerprint density at radius 1 is 1.32 bits per heavy atom. The average Bonchev–Trinajstić information content (AvgIpc) is 3.05. The highest BCUT2D eigenvalue weighted by molar-refractivity contribution is 9.10. The molecule has 2 fully saturated rings. The molecule has 0 aromatic heterocycles. The molecule has 1 amide bonds. The molecule has 1 N–H and O–H groups in total. The minimum atomic E-state index is 0.112. The fraction of sp³-hybridized carbons (Fsp3) is 0.562. The van der Waals surface area contributed by atoms with E-state index < -0.39 is 0 Å². The molecular formula is C16H22BrN3O2. The summed E-state index contributed by atoms with van der Waals surface area (Å²) in [5.41, 5.74) is 0.716. The summed E-state index contributed by atoms with van der Waals surface area (Å²) in [5, 5.41) is 3.38. The molecule has 0 saturated carbocycles. The molecule has 22 heavy (non-hydrogen) atoms. The van der Waals surface area contributed by atoms with Gasteiger partial charge in [0.2, 0.25) is 0 Å². The van der Waals surface area contributed by atoms with Crippen molar-refractivity contribution in [3.63, 3.8) is 0 Å². The second-order valence-electron chi connectivity index (χ2n) is 5.83. The number of rotatable bonds is 3. The number of nitrogens with one attached hydrogen (secondary N) is 1. The normalized spacial score (nSPS) is 22.8. The number of likely N-dealkylation sites (tertiary alicyclic amines) is 1. The van der Waals surface area contributed by atoms with Crippen molar-refractivity contribution in [2.45, 2.75) is 12.5 Å². The van der Waals surface area contributed by atoms with Crippen molar-refractivity contribution >= 4 is 21.8 Å². The lowest BCUT2D eigenvalue weighted by Gasteiger charge is -2.32. The Labute approximate surface area is 139 Å². The van der Waals surface area contributed by atoms with Crippen LogP contribution in [0.2, 0.25) is 0 Å². The third-order valence-electron chi connectivity index (χ3n) is 4.52. The van der Waals surface area contributed by atoms with Gasteiger partial charge in [-0.25, -0.2) is 0 Å². The van der Waals surface area contributed by atoms with Gasteiger partial charge < -0.3 is 15.0 Å². The maximum atomic E-state index is 12.7. The molecule has 1 aromatic rings. The third-order valence-corrected chi connectivity index (χ3v) is 5.14. The Morgan fingerprint density at radius 2 is 2.09 bits per heavy atom. The molecule has 1 atom stereocenters. The smallest absolute Gasteiger partial charge is 0.253 e. The summed E-state index contributed by atoms with van der Waals surface area (Å²) >= 11 is 3.45. The fourth-order valence-electron chi connectivity index (χ4n) is 3.25. The number of hydrogen-bond donors (Lipinski definition) is 1. The van der Waals surface area contributed by atoms with Gasteiger partial charge >= 0.3 is 0 Å². The topological polar surface area (TPSA) is 44.8 Å². The molecule has 3 rings (SSSR count). The van der Waals surface area contributed by atoms with Gasteiger partial charge in [-0.05, 0) is 40.5 Å². The number of halogens is 1. The van der Waals surface area contributed by atoms with Crippen molar-refractivity contribution < 1.29 is 9.53 Å². The third kappa shape index (κ3) is 3.29. The van der Waals surface area contributed by atoms with E-state index in [1.165, 1.54) is 0 Å². The van der Waals surface area contributed by atoms with Crippen LogP contribution < -0.4 is 10.1 Å². The van der Waals surface area contributed by atoms with Crippen LogP contribution in [0.4, 0.5) is 0 Å². The highest BCUT2D eigenvalue weighted by Gasteiger charge is 2.31. The summed E-state index contributed by atoms with van der Waals surface area (Å²) < 4.78 is 6.04.